The van der Waals surface area contributed by atoms with Crippen molar-refractivity contribution in [3.63, 3.8) is 0 Å². The van der Waals surface area contributed by atoms with Gasteiger partial charge in [0.05, 0.1) is 12.1 Å². The number of aryl methyl sites for hydroxylation is 1. The Kier molecular flexibility index (Phi) is 4.75. The molecule has 2 amide bonds. The molecular weight excluding hydrogens is 377 g/mol. The molecule has 30 heavy (non-hydrogen) atoms. The zero-order valence-corrected chi connectivity index (χ0v) is 16.8. The summed E-state index contributed by atoms with van der Waals surface area (Å²) in [5, 5.41) is 6.31. The number of hydrogen-bond acceptors (Lipinski definition) is 2. The lowest BCUT2D eigenvalue weighted by atomic mass is 9.72. The Morgan fingerprint density at radius 3 is 2.33 bits per heavy atom. The number of piperazine rings is 1. The van der Waals surface area contributed by atoms with E-state index in [2.05, 4.69) is 66.1 Å². The Labute approximate surface area is 175 Å². The molecule has 0 radical (unpaired) electrons. The molecule has 3 aromatic carbocycles. The van der Waals surface area contributed by atoms with Crippen molar-refractivity contribution in [3.05, 3.63) is 89.7 Å². The van der Waals surface area contributed by atoms with E-state index in [-0.39, 0.29) is 23.9 Å². The van der Waals surface area contributed by atoms with Crippen LogP contribution in [0, 0.1) is 12.7 Å². The van der Waals surface area contributed by atoms with Crippen LogP contribution in [0.4, 0.5) is 14.9 Å². The van der Waals surface area contributed by atoms with Crippen LogP contribution in [0.2, 0.25) is 0 Å². The summed E-state index contributed by atoms with van der Waals surface area (Å²) in [6.07, 6.45) is 0. The molecule has 2 saturated heterocycles. The van der Waals surface area contributed by atoms with Crippen LogP contribution in [-0.4, -0.2) is 36.1 Å². The van der Waals surface area contributed by atoms with Gasteiger partial charge in [0.2, 0.25) is 0 Å². The van der Waals surface area contributed by atoms with Gasteiger partial charge in [-0.05, 0) is 47.9 Å². The van der Waals surface area contributed by atoms with Gasteiger partial charge in [-0.3, -0.25) is 0 Å². The molecule has 2 heterocycles. The van der Waals surface area contributed by atoms with Crippen molar-refractivity contribution in [1.82, 2.24) is 10.2 Å². The largest absolute Gasteiger partial charge is 0.322 e. The van der Waals surface area contributed by atoms with Crippen molar-refractivity contribution < 1.29 is 9.18 Å². The van der Waals surface area contributed by atoms with Gasteiger partial charge in [-0.2, -0.15) is 0 Å². The van der Waals surface area contributed by atoms with Crippen LogP contribution in [0.15, 0.2) is 72.8 Å². The van der Waals surface area contributed by atoms with Gasteiger partial charge >= 0.3 is 6.03 Å². The number of anilines is 1. The SMILES string of the molecule is Cc1cccc(-c2ccc(C3[C@H]4CNC[C@@H]3N4C(=O)Nc3ccc(F)cc3)cc2)c1. The van der Waals surface area contributed by atoms with E-state index >= 15 is 0 Å². The number of urea groups is 1. The minimum absolute atomic E-state index is 0.119. The van der Waals surface area contributed by atoms with Gasteiger partial charge in [0.25, 0.3) is 0 Å². The van der Waals surface area contributed by atoms with Gasteiger partial charge < -0.3 is 15.5 Å². The predicted octanol–water partition coefficient (Wildman–Crippen LogP) is 4.77. The summed E-state index contributed by atoms with van der Waals surface area (Å²) in [7, 11) is 0. The van der Waals surface area contributed by atoms with Crippen LogP contribution in [0.5, 0.6) is 0 Å². The third-order valence-electron chi connectivity index (χ3n) is 6.23. The standard InChI is InChI=1S/C25H24FN3O/c1-16-3-2-4-19(13-16)17-5-7-18(8-6-17)24-22-14-27-15-23(24)29(22)25(30)28-21-11-9-20(26)10-12-21/h2-13,22-24,27H,14-15H2,1H3,(H,28,30)/t22-,23+,24?. The third kappa shape index (κ3) is 3.35. The van der Waals surface area contributed by atoms with Crippen molar-refractivity contribution >= 4 is 11.7 Å². The highest BCUT2D eigenvalue weighted by molar-refractivity contribution is 5.91. The minimum atomic E-state index is -0.313. The molecule has 2 bridgehead atoms. The topological polar surface area (TPSA) is 44.4 Å². The Balaban J connectivity index is 1.32. The first kappa shape index (κ1) is 18.8. The van der Waals surface area contributed by atoms with E-state index in [9.17, 15) is 9.18 Å². The van der Waals surface area contributed by atoms with Crippen molar-refractivity contribution in [2.24, 2.45) is 0 Å². The fraction of sp³-hybridized carbons (Fsp3) is 0.240. The lowest BCUT2D eigenvalue weighted by Crippen LogP contribution is -2.74. The van der Waals surface area contributed by atoms with Crippen molar-refractivity contribution in [2.45, 2.75) is 24.9 Å². The summed E-state index contributed by atoms with van der Waals surface area (Å²) >= 11 is 0. The molecule has 3 atom stereocenters. The fourth-order valence-electron chi connectivity index (χ4n) is 4.77. The van der Waals surface area contributed by atoms with Crippen LogP contribution < -0.4 is 10.6 Å². The quantitative estimate of drug-likeness (QED) is 0.664. The molecule has 5 heteroatoms. The molecule has 2 N–H and O–H groups in total. The average Bonchev–Trinajstić information content (AvgIpc) is 2.76. The number of benzene rings is 3. The normalized spacial score (nSPS) is 22.3. The van der Waals surface area contributed by atoms with E-state index in [1.807, 2.05) is 4.90 Å². The molecule has 1 unspecified atom stereocenters. The third-order valence-corrected chi connectivity index (χ3v) is 6.23. The second-order valence-electron chi connectivity index (χ2n) is 8.15. The number of carbonyl (C=O) groups excluding carboxylic acids is 1. The summed E-state index contributed by atoms with van der Waals surface area (Å²) in [5.41, 5.74) is 5.55. The van der Waals surface area contributed by atoms with Crippen molar-refractivity contribution in [2.75, 3.05) is 18.4 Å². The average molecular weight is 401 g/mol. The number of hydrogen-bond donors (Lipinski definition) is 2. The molecule has 0 aliphatic carbocycles. The van der Waals surface area contributed by atoms with Crippen LogP contribution in [0.3, 0.4) is 0 Å². The lowest BCUT2D eigenvalue weighted by molar-refractivity contribution is 0.00202. The zero-order valence-electron chi connectivity index (χ0n) is 16.8. The van der Waals surface area contributed by atoms with Gasteiger partial charge in [0.1, 0.15) is 5.82 Å². The first-order valence-electron chi connectivity index (χ1n) is 10.3. The highest BCUT2D eigenvalue weighted by Gasteiger charge is 2.53. The maximum atomic E-state index is 13.1. The Bertz CT molecular complexity index is 1050. The van der Waals surface area contributed by atoms with Gasteiger partial charge in [0.15, 0.2) is 0 Å². The first-order valence-corrected chi connectivity index (χ1v) is 10.3. The molecule has 3 aromatic rings. The number of carbonyl (C=O) groups is 1. The number of halogens is 1. The molecule has 2 aliphatic heterocycles. The Morgan fingerprint density at radius 2 is 1.67 bits per heavy atom. The van der Waals surface area contributed by atoms with E-state index < -0.39 is 0 Å². The fourth-order valence-corrected chi connectivity index (χ4v) is 4.77. The number of amides is 2. The minimum Gasteiger partial charge on any atom is -0.315 e. The lowest BCUT2D eigenvalue weighted by Gasteiger charge is -2.59. The molecule has 4 nitrogen and oxygen atoms in total. The molecule has 0 spiro atoms. The summed E-state index contributed by atoms with van der Waals surface area (Å²) in [4.78, 5) is 14.8. The van der Waals surface area contributed by atoms with E-state index in [1.54, 1.807) is 12.1 Å². The molecule has 0 saturated carbocycles. The van der Waals surface area contributed by atoms with E-state index in [0.717, 1.165) is 13.1 Å². The zero-order chi connectivity index (χ0) is 20.7. The molecule has 0 aromatic heterocycles. The van der Waals surface area contributed by atoms with Crippen LogP contribution in [0.25, 0.3) is 11.1 Å². The Morgan fingerprint density at radius 1 is 0.967 bits per heavy atom. The molecular formula is C25H24FN3O. The van der Waals surface area contributed by atoms with E-state index in [1.165, 1.54) is 34.4 Å². The summed E-state index contributed by atoms with van der Waals surface area (Å²) in [6.45, 7) is 3.65. The summed E-state index contributed by atoms with van der Waals surface area (Å²) < 4.78 is 13.1. The van der Waals surface area contributed by atoms with Crippen molar-refractivity contribution in [1.29, 1.82) is 0 Å². The first-order chi connectivity index (χ1) is 14.6. The number of piperidine rings is 1. The molecule has 2 aliphatic rings. The van der Waals surface area contributed by atoms with Crippen molar-refractivity contribution in [3.8, 4) is 11.1 Å². The summed E-state index contributed by atoms with van der Waals surface area (Å²) in [5.74, 6) is 0.0176. The highest BCUT2D eigenvalue weighted by Crippen LogP contribution is 2.43. The van der Waals surface area contributed by atoms with Crippen LogP contribution >= 0.6 is 0 Å². The monoisotopic (exact) mass is 401 g/mol. The maximum absolute atomic E-state index is 13.1. The molecule has 5 rings (SSSR count). The van der Waals surface area contributed by atoms with E-state index in [0.29, 0.717) is 11.6 Å². The van der Waals surface area contributed by atoms with Gasteiger partial charge in [0, 0.05) is 24.7 Å². The second-order valence-corrected chi connectivity index (χ2v) is 8.15. The Hall–Kier alpha value is -3.18. The number of nitrogens with zero attached hydrogens (tertiary/aromatic N) is 1. The molecule has 152 valence electrons. The smallest absolute Gasteiger partial charge is 0.315 e. The number of likely N-dealkylation sites (tertiary alicyclic amines) is 1. The van der Waals surface area contributed by atoms with E-state index in [4.69, 9.17) is 0 Å². The maximum Gasteiger partial charge on any atom is 0.322 e. The predicted molar refractivity (Wildman–Crippen MR) is 117 cm³/mol. The highest BCUT2D eigenvalue weighted by atomic mass is 19.1. The summed E-state index contributed by atoms with van der Waals surface area (Å²) in [6, 6.07) is 23.3. The van der Waals surface area contributed by atoms with Gasteiger partial charge in [-0.15, -0.1) is 0 Å². The van der Waals surface area contributed by atoms with Gasteiger partial charge in [-0.1, -0.05) is 54.1 Å². The van der Waals surface area contributed by atoms with Gasteiger partial charge in [-0.25, -0.2) is 9.18 Å². The number of rotatable bonds is 3. The second kappa shape index (κ2) is 7.58. The number of nitrogens with one attached hydrogen (secondary N) is 2. The number of fused-ring (bicyclic) bond motifs is 2. The molecule has 2 fully saturated rings. The van der Waals surface area contributed by atoms with Crippen LogP contribution in [-0.2, 0) is 0 Å². The van der Waals surface area contributed by atoms with Crippen LogP contribution in [0.1, 0.15) is 17.0 Å².